The molecule has 1 fully saturated rings. The van der Waals surface area contributed by atoms with Crippen LogP contribution < -0.4 is 0 Å². The molecule has 0 aromatic carbocycles. The van der Waals surface area contributed by atoms with Crippen molar-refractivity contribution in [1.82, 2.24) is 0 Å². The molecule has 0 radical (unpaired) electrons. The van der Waals surface area contributed by atoms with Gasteiger partial charge in [0, 0.05) is 17.0 Å². The van der Waals surface area contributed by atoms with Gasteiger partial charge < -0.3 is 5.11 Å². The van der Waals surface area contributed by atoms with Crippen molar-refractivity contribution in [3.63, 3.8) is 0 Å². The smallest absolute Gasteiger partial charge is 0.401 e. The van der Waals surface area contributed by atoms with Crippen LogP contribution in [0.5, 0.6) is 0 Å². The minimum absolute atomic E-state index is 0.131. The first-order valence-corrected chi connectivity index (χ1v) is 6.63. The molecule has 0 unspecified atom stereocenters. The number of hydrogen-bond donors (Lipinski definition) is 1. The van der Waals surface area contributed by atoms with Crippen molar-refractivity contribution < 1.29 is 18.3 Å². The van der Waals surface area contributed by atoms with E-state index in [1.54, 1.807) is 0 Å². The first kappa shape index (κ1) is 14.5. The molecule has 1 saturated carbocycles. The standard InChI is InChI=1S/C8H14O2S.CHClO2/c1-2-11(9,10)8-6-4-3-5-7-8;2-1(3)4/h2,8H,1,3-7H2;(H,3,4). The van der Waals surface area contributed by atoms with Gasteiger partial charge in [0.05, 0.1) is 5.25 Å². The molecular weight excluding hydrogens is 240 g/mol. The molecule has 0 aliphatic heterocycles. The molecule has 4 nitrogen and oxygen atoms in total. The summed E-state index contributed by atoms with van der Waals surface area (Å²) in [4.78, 5) is 8.77. The molecule has 0 bridgehead atoms. The van der Waals surface area contributed by atoms with E-state index in [0.29, 0.717) is 0 Å². The third-order valence-electron chi connectivity index (χ3n) is 2.25. The largest absolute Gasteiger partial charge is 0.469 e. The van der Waals surface area contributed by atoms with Crippen LogP contribution >= 0.6 is 11.6 Å². The minimum atomic E-state index is -2.96. The normalized spacial score (nSPS) is 17.4. The summed E-state index contributed by atoms with van der Waals surface area (Å²) < 4.78 is 22.5. The Morgan fingerprint density at radius 1 is 1.33 bits per heavy atom. The van der Waals surface area contributed by atoms with E-state index in [-0.39, 0.29) is 5.25 Å². The van der Waals surface area contributed by atoms with Gasteiger partial charge in [0.2, 0.25) is 0 Å². The van der Waals surface area contributed by atoms with Crippen molar-refractivity contribution >= 4 is 26.9 Å². The lowest BCUT2D eigenvalue weighted by molar-refractivity contribution is 0.220. The number of hydrogen-bond acceptors (Lipinski definition) is 3. The van der Waals surface area contributed by atoms with E-state index in [0.717, 1.165) is 31.1 Å². The Bertz CT molecular complexity index is 300. The van der Waals surface area contributed by atoms with Crippen LogP contribution in [0.15, 0.2) is 12.0 Å². The van der Waals surface area contributed by atoms with Crippen molar-refractivity contribution in [2.24, 2.45) is 0 Å². The molecule has 0 aromatic rings. The van der Waals surface area contributed by atoms with Gasteiger partial charge in [-0.05, 0) is 12.8 Å². The van der Waals surface area contributed by atoms with Crippen molar-refractivity contribution in [3.8, 4) is 0 Å². The molecule has 0 spiro atoms. The van der Waals surface area contributed by atoms with Crippen molar-refractivity contribution in [1.29, 1.82) is 0 Å². The average molecular weight is 255 g/mol. The van der Waals surface area contributed by atoms with Gasteiger partial charge in [-0.3, -0.25) is 0 Å². The van der Waals surface area contributed by atoms with Crippen molar-refractivity contribution in [2.75, 3.05) is 0 Å². The molecule has 0 amide bonds. The highest BCUT2D eigenvalue weighted by molar-refractivity contribution is 7.94. The summed E-state index contributed by atoms with van der Waals surface area (Å²) in [5.41, 5.74) is -1.36. The Kier molecular flexibility index (Phi) is 6.60. The van der Waals surface area contributed by atoms with Crippen LogP contribution in [0.2, 0.25) is 0 Å². The van der Waals surface area contributed by atoms with E-state index in [1.165, 1.54) is 6.42 Å². The predicted molar refractivity (Wildman–Crippen MR) is 59.9 cm³/mol. The lowest BCUT2D eigenvalue weighted by Crippen LogP contribution is -2.21. The molecule has 0 heterocycles. The molecule has 0 saturated heterocycles. The summed E-state index contributed by atoms with van der Waals surface area (Å²) in [6.45, 7) is 3.32. The molecular formula is C9H15ClO4S. The van der Waals surface area contributed by atoms with Crippen LogP contribution in [-0.2, 0) is 9.84 Å². The molecule has 88 valence electrons. The number of carbonyl (C=O) groups is 1. The van der Waals surface area contributed by atoms with E-state index in [4.69, 9.17) is 9.90 Å². The van der Waals surface area contributed by atoms with Gasteiger partial charge >= 0.3 is 5.43 Å². The van der Waals surface area contributed by atoms with Gasteiger partial charge in [0.25, 0.3) is 0 Å². The second-order valence-corrected chi connectivity index (χ2v) is 5.77. The zero-order valence-electron chi connectivity index (χ0n) is 8.36. The monoisotopic (exact) mass is 254 g/mol. The molecule has 6 heteroatoms. The van der Waals surface area contributed by atoms with Crippen LogP contribution in [0, 0.1) is 0 Å². The topological polar surface area (TPSA) is 71.4 Å². The first-order valence-electron chi connectivity index (χ1n) is 4.65. The molecule has 1 rings (SSSR count). The van der Waals surface area contributed by atoms with E-state index >= 15 is 0 Å². The fourth-order valence-corrected chi connectivity index (χ4v) is 2.79. The van der Waals surface area contributed by atoms with E-state index in [1.807, 2.05) is 0 Å². The Morgan fingerprint density at radius 3 is 2.07 bits per heavy atom. The average Bonchev–Trinajstić information content (AvgIpc) is 2.18. The lowest BCUT2D eigenvalue weighted by Gasteiger charge is -2.19. The number of sulfone groups is 1. The van der Waals surface area contributed by atoms with Crippen molar-refractivity contribution in [3.05, 3.63) is 12.0 Å². The molecule has 1 N–H and O–H groups in total. The van der Waals surface area contributed by atoms with Crippen LogP contribution in [0.3, 0.4) is 0 Å². The maximum atomic E-state index is 11.2. The second-order valence-electron chi connectivity index (χ2n) is 3.27. The van der Waals surface area contributed by atoms with Crippen LogP contribution in [0.25, 0.3) is 0 Å². The molecule has 1 aliphatic carbocycles. The van der Waals surface area contributed by atoms with Crippen LogP contribution in [0.1, 0.15) is 32.1 Å². The maximum Gasteiger partial charge on any atom is 0.401 e. The Labute approximate surface area is 94.9 Å². The number of rotatable bonds is 2. The van der Waals surface area contributed by atoms with E-state index in [2.05, 4.69) is 18.2 Å². The fraction of sp³-hybridized carbons (Fsp3) is 0.667. The molecule has 0 atom stereocenters. The summed E-state index contributed by atoms with van der Waals surface area (Å²) in [7, 11) is -2.96. The van der Waals surface area contributed by atoms with Gasteiger partial charge in [-0.25, -0.2) is 13.2 Å². The van der Waals surface area contributed by atoms with Gasteiger partial charge in [-0.2, -0.15) is 0 Å². The van der Waals surface area contributed by atoms with Gasteiger partial charge in [-0.1, -0.05) is 25.8 Å². The Morgan fingerprint density at radius 2 is 1.73 bits per heavy atom. The van der Waals surface area contributed by atoms with Gasteiger partial charge in [0.15, 0.2) is 9.84 Å². The zero-order chi connectivity index (χ0) is 11.9. The number of halogens is 1. The number of carboxylic acid groups (broad SMARTS) is 1. The summed E-state index contributed by atoms with van der Waals surface area (Å²) in [5, 5.41) is 8.15. The molecule has 15 heavy (non-hydrogen) atoms. The summed E-state index contributed by atoms with van der Waals surface area (Å²) in [6.07, 6.45) is 4.95. The third kappa shape index (κ3) is 6.52. The SMILES string of the molecule is C=CS(=O)(=O)C1CCCCC1.O=C(O)Cl. The Hall–Kier alpha value is -0.550. The highest BCUT2D eigenvalue weighted by atomic mass is 35.5. The van der Waals surface area contributed by atoms with Crippen molar-refractivity contribution in [2.45, 2.75) is 37.4 Å². The predicted octanol–water partition coefficient (Wildman–Crippen LogP) is 2.78. The van der Waals surface area contributed by atoms with Gasteiger partial charge in [0.1, 0.15) is 0 Å². The maximum absolute atomic E-state index is 11.2. The zero-order valence-corrected chi connectivity index (χ0v) is 9.93. The second kappa shape index (κ2) is 6.85. The van der Waals surface area contributed by atoms with Gasteiger partial charge in [-0.15, -0.1) is 0 Å². The quantitative estimate of drug-likeness (QED) is 0.769. The third-order valence-corrected chi connectivity index (χ3v) is 4.11. The minimum Gasteiger partial charge on any atom is -0.469 e. The summed E-state index contributed by atoms with van der Waals surface area (Å²) in [5.74, 6) is 0. The molecule has 0 aromatic heterocycles. The first-order chi connectivity index (χ1) is 6.90. The molecule has 1 aliphatic rings. The van der Waals surface area contributed by atoms with Crippen LogP contribution in [-0.4, -0.2) is 24.2 Å². The Balaban J connectivity index is 0.000000423. The van der Waals surface area contributed by atoms with E-state index in [9.17, 15) is 8.42 Å². The summed E-state index contributed by atoms with van der Waals surface area (Å²) in [6, 6.07) is 0. The van der Waals surface area contributed by atoms with Crippen LogP contribution in [0.4, 0.5) is 4.79 Å². The highest BCUT2D eigenvalue weighted by Gasteiger charge is 2.23. The lowest BCUT2D eigenvalue weighted by atomic mass is 10.0. The highest BCUT2D eigenvalue weighted by Crippen LogP contribution is 2.24. The fourth-order valence-electron chi connectivity index (χ4n) is 1.53. The summed E-state index contributed by atoms with van der Waals surface area (Å²) >= 11 is 4.19. The van der Waals surface area contributed by atoms with E-state index < -0.39 is 15.3 Å².